The van der Waals surface area contributed by atoms with Crippen molar-refractivity contribution in [2.45, 2.75) is 0 Å². The molecule has 0 amide bonds. The van der Waals surface area contributed by atoms with E-state index >= 15 is 0 Å². The molecule has 0 unspecified atom stereocenters. The molecule has 0 spiro atoms. The summed E-state index contributed by atoms with van der Waals surface area (Å²) >= 11 is 0. The molecule has 80 valence electrons. The number of ketones is 2. The first-order chi connectivity index (χ1) is 7.08. The van der Waals surface area contributed by atoms with Crippen LogP contribution in [0.3, 0.4) is 0 Å². The minimum absolute atomic E-state index is 0.161. The first kappa shape index (κ1) is 11.4. The minimum atomic E-state index is -0.643. The molecule has 0 fully saturated rings. The maximum Gasteiger partial charge on any atom is 0.188 e. The maximum absolute atomic E-state index is 11.1. The number of aliphatic hydroxyl groups is 2. The second kappa shape index (κ2) is 4.68. The summed E-state index contributed by atoms with van der Waals surface area (Å²) in [6.07, 6.45) is 0. The summed E-state index contributed by atoms with van der Waals surface area (Å²) in [6, 6.07) is 4.03. The third-order valence-electron chi connectivity index (χ3n) is 1.89. The summed E-state index contributed by atoms with van der Waals surface area (Å²) < 4.78 is 0. The van der Waals surface area contributed by atoms with Gasteiger partial charge in [-0.25, -0.2) is 0 Å². The number of carbonyl (C=O) groups is 2. The molecule has 5 nitrogen and oxygen atoms in total. The fraction of sp³-hybridized carbons (Fsp3) is 0.200. The molecule has 1 aromatic rings. The molecule has 0 atom stereocenters. The van der Waals surface area contributed by atoms with Crippen molar-refractivity contribution in [3.05, 3.63) is 29.3 Å². The van der Waals surface area contributed by atoms with Gasteiger partial charge < -0.3 is 15.9 Å². The van der Waals surface area contributed by atoms with Crippen molar-refractivity contribution < 1.29 is 19.8 Å². The summed E-state index contributed by atoms with van der Waals surface area (Å²) in [6.45, 7) is -1.29. The number of hydrogen-bond donors (Lipinski definition) is 3. The van der Waals surface area contributed by atoms with Crippen LogP contribution in [-0.2, 0) is 0 Å². The predicted octanol–water partition coefficient (Wildman–Crippen LogP) is -0.381. The predicted molar refractivity (Wildman–Crippen MR) is 53.7 cm³/mol. The highest BCUT2D eigenvalue weighted by molar-refractivity contribution is 6.03. The topological polar surface area (TPSA) is 101 Å². The zero-order valence-electron chi connectivity index (χ0n) is 7.93. The summed E-state index contributed by atoms with van der Waals surface area (Å²) in [7, 11) is 0. The monoisotopic (exact) mass is 209 g/mol. The fourth-order valence-corrected chi connectivity index (χ4v) is 1.16. The molecular weight excluding hydrogens is 198 g/mol. The Morgan fingerprint density at radius 1 is 1.00 bits per heavy atom. The molecule has 1 rings (SSSR count). The molecule has 4 N–H and O–H groups in total. The first-order valence-electron chi connectivity index (χ1n) is 4.27. The number of rotatable bonds is 4. The number of Topliss-reactive ketones (excluding diaryl/α,β-unsaturated/α-hetero) is 2. The van der Waals surface area contributed by atoms with Crippen molar-refractivity contribution >= 4 is 17.3 Å². The average Bonchev–Trinajstić information content (AvgIpc) is 2.26. The number of aliphatic hydroxyl groups excluding tert-OH is 2. The molecule has 0 aliphatic heterocycles. The van der Waals surface area contributed by atoms with E-state index < -0.39 is 24.8 Å². The highest BCUT2D eigenvalue weighted by atomic mass is 16.3. The van der Waals surface area contributed by atoms with E-state index in [9.17, 15) is 9.59 Å². The van der Waals surface area contributed by atoms with Crippen LogP contribution in [-0.4, -0.2) is 35.0 Å². The molecule has 0 heterocycles. The number of nitrogen functional groups attached to an aromatic ring is 1. The van der Waals surface area contributed by atoms with Crippen molar-refractivity contribution in [1.82, 2.24) is 0 Å². The number of benzene rings is 1. The quantitative estimate of drug-likeness (QED) is 0.463. The Bertz CT molecular complexity index is 366. The smallest absolute Gasteiger partial charge is 0.188 e. The van der Waals surface area contributed by atoms with Crippen LogP contribution < -0.4 is 5.73 Å². The van der Waals surface area contributed by atoms with Gasteiger partial charge in [-0.1, -0.05) is 0 Å². The fourth-order valence-electron chi connectivity index (χ4n) is 1.16. The van der Waals surface area contributed by atoms with Gasteiger partial charge in [0.2, 0.25) is 0 Å². The lowest BCUT2D eigenvalue weighted by molar-refractivity contribution is 0.0902. The van der Waals surface area contributed by atoms with Gasteiger partial charge in [0.15, 0.2) is 11.6 Å². The van der Waals surface area contributed by atoms with Gasteiger partial charge in [0, 0.05) is 16.8 Å². The van der Waals surface area contributed by atoms with Crippen molar-refractivity contribution in [3.8, 4) is 0 Å². The van der Waals surface area contributed by atoms with E-state index in [1.807, 2.05) is 0 Å². The Hall–Kier alpha value is -1.72. The maximum atomic E-state index is 11.1. The third kappa shape index (κ3) is 2.61. The SMILES string of the molecule is Nc1cc(C(=O)CO)cc(C(=O)CO)c1. The second-order valence-electron chi connectivity index (χ2n) is 3.01. The molecule has 0 saturated carbocycles. The molecule has 1 aromatic carbocycles. The molecule has 0 aromatic heterocycles. The Kier molecular flexibility index (Phi) is 3.54. The lowest BCUT2D eigenvalue weighted by Gasteiger charge is -2.03. The lowest BCUT2D eigenvalue weighted by Crippen LogP contribution is -2.10. The van der Waals surface area contributed by atoms with Crippen LogP contribution in [0.15, 0.2) is 18.2 Å². The highest BCUT2D eigenvalue weighted by Crippen LogP contribution is 2.13. The Balaban J connectivity index is 3.16. The normalized spacial score (nSPS) is 10.0. The molecule has 0 saturated heterocycles. The second-order valence-corrected chi connectivity index (χ2v) is 3.01. The van der Waals surface area contributed by atoms with E-state index in [-0.39, 0.29) is 16.8 Å². The Morgan fingerprint density at radius 3 is 1.73 bits per heavy atom. The minimum Gasteiger partial charge on any atom is -0.399 e. The largest absolute Gasteiger partial charge is 0.399 e. The standard InChI is InChI=1S/C10H11NO4/c11-8-2-6(9(14)4-12)1-7(3-8)10(15)5-13/h1-3,12-13H,4-5,11H2. The van der Waals surface area contributed by atoms with E-state index in [4.69, 9.17) is 15.9 Å². The van der Waals surface area contributed by atoms with Gasteiger partial charge in [-0.2, -0.15) is 0 Å². The molecule has 0 radical (unpaired) electrons. The third-order valence-corrected chi connectivity index (χ3v) is 1.89. The van der Waals surface area contributed by atoms with Crippen LogP contribution >= 0.6 is 0 Å². The van der Waals surface area contributed by atoms with E-state index in [1.165, 1.54) is 18.2 Å². The Morgan fingerprint density at radius 2 is 1.40 bits per heavy atom. The number of carbonyl (C=O) groups excluding carboxylic acids is 2. The number of hydrogen-bond acceptors (Lipinski definition) is 5. The van der Waals surface area contributed by atoms with E-state index in [0.29, 0.717) is 0 Å². The van der Waals surface area contributed by atoms with E-state index in [1.54, 1.807) is 0 Å². The Labute approximate surface area is 86.1 Å². The highest BCUT2D eigenvalue weighted by Gasteiger charge is 2.10. The number of anilines is 1. The summed E-state index contributed by atoms with van der Waals surface area (Å²) in [5.74, 6) is -1.04. The molecule has 0 aliphatic rings. The average molecular weight is 209 g/mol. The number of nitrogens with two attached hydrogens (primary N) is 1. The summed E-state index contributed by atoms with van der Waals surface area (Å²) in [5, 5.41) is 17.3. The van der Waals surface area contributed by atoms with Gasteiger partial charge >= 0.3 is 0 Å². The summed E-state index contributed by atoms with van der Waals surface area (Å²) in [4.78, 5) is 22.3. The van der Waals surface area contributed by atoms with Gasteiger partial charge in [0.1, 0.15) is 13.2 Å². The van der Waals surface area contributed by atoms with Crippen molar-refractivity contribution in [3.63, 3.8) is 0 Å². The van der Waals surface area contributed by atoms with Crippen molar-refractivity contribution in [1.29, 1.82) is 0 Å². The van der Waals surface area contributed by atoms with Crippen LogP contribution in [0.5, 0.6) is 0 Å². The van der Waals surface area contributed by atoms with E-state index in [2.05, 4.69) is 0 Å². The van der Waals surface area contributed by atoms with E-state index in [0.717, 1.165) is 0 Å². The molecular formula is C10H11NO4. The molecule has 5 heteroatoms. The van der Waals surface area contributed by atoms with Crippen LogP contribution in [0.2, 0.25) is 0 Å². The lowest BCUT2D eigenvalue weighted by atomic mass is 10.0. The van der Waals surface area contributed by atoms with Crippen LogP contribution in [0.4, 0.5) is 5.69 Å². The zero-order valence-corrected chi connectivity index (χ0v) is 7.93. The van der Waals surface area contributed by atoms with Crippen molar-refractivity contribution in [2.75, 3.05) is 18.9 Å². The van der Waals surface area contributed by atoms with Gasteiger partial charge in [-0.3, -0.25) is 9.59 Å². The van der Waals surface area contributed by atoms with Gasteiger partial charge in [0.25, 0.3) is 0 Å². The van der Waals surface area contributed by atoms with Gasteiger partial charge in [-0.15, -0.1) is 0 Å². The van der Waals surface area contributed by atoms with Gasteiger partial charge in [0.05, 0.1) is 0 Å². The summed E-state index contributed by atoms with van der Waals surface area (Å²) in [5.41, 5.74) is 6.04. The molecule has 0 aliphatic carbocycles. The molecule has 15 heavy (non-hydrogen) atoms. The zero-order chi connectivity index (χ0) is 11.4. The molecule has 0 bridgehead atoms. The first-order valence-corrected chi connectivity index (χ1v) is 4.27. The van der Waals surface area contributed by atoms with Crippen molar-refractivity contribution in [2.24, 2.45) is 0 Å². The van der Waals surface area contributed by atoms with Crippen LogP contribution in [0.1, 0.15) is 20.7 Å². The van der Waals surface area contributed by atoms with Crippen LogP contribution in [0, 0.1) is 0 Å². The van der Waals surface area contributed by atoms with Gasteiger partial charge in [-0.05, 0) is 18.2 Å². The van der Waals surface area contributed by atoms with Crippen LogP contribution in [0.25, 0.3) is 0 Å².